The number of rotatable bonds is 7. The Morgan fingerprint density at radius 2 is 2.15 bits per heavy atom. The summed E-state index contributed by atoms with van der Waals surface area (Å²) in [4.78, 5) is 20.0. The summed E-state index contributed by atoms with van der Waals surface area (Å²) in [5.41, 5.74) is 1.65. The average Bonchev–Trinajstić information content (AvgIpc) is 2.66. The number of hydrogen-bond acceptors (Lipinski definition) is 4. The smallest absolute Gasteiger partial charge is 0.243 e. The number of aliphatic imine (C=N–C) groups is 1. The molecule has 8 heteroatoms. The van der Waals surface area contributed by atoms with Crippen LogP contribution in [-0.2, 0) is 11.2 Å². The summed E-state index contributed by atoms with van der Waals surface area (Å²) in [5, 5.41) is 9.51. The topological polar surface area (TPSA) is 87.6 Å². The van der Waals surface area contributed by atoms with E-state index in [-0.39, 0.29) is 12.5 Å². The number of methoxy groups -OCH3 is 1. The summed E-state index contributed by atoms with van der Waals surface area (Å²) in [5.74, 6) is 1.08. The SMILES string of the molecule is CN=C(NCCc1ccc(OC)cc1Cl)NCC(=O)Nc1cccnc1. The molecule has 0 unspecified atom stereocenters. The Morgan fingerprint density at radius 1 is 1.31 bits per heavy atom. The van der Waals surface area contributed by atoms with E-state index in [0.717, 1.165) is 11.3 Å². The third kappa shape index (κ3) is 6.25. The number of nitrogens with one attached hydrogen (secondary N) is 3. The van der Waals surface area contributed by atoms with Crippen LogP contribution in [0.5, 0.6) is 5.75 Å². The highest BCUT2D eigenvalue weighted by atomic mass is 35.5. The second-order valence-corrected chi connectivity index (χ2v) is 5.76. The highest BCUT2D eigenvalue weighted by molar-refractivity contribution is 6.31. The maximum atomic E-state index is 11.9. The van der Waals surface area contributed by atoms with Gasteiger partial charge < -0.3 is 20.7 Å². The minimum Gasteiger partial charge on any atom is -0.497 e. The molecule has 2 rings (SSSR count). The largest absolute Gasteiger partial charge is 0.497 e. The van der Waals surface area contributed by atoms with Crippen molar-refractivity contribution in [3.05, 3.63) is 53.3 Å². The molecule has 1 aromatic carbocycles. The van der Waals surface area contributed by atoms with Gasteiger partial charge in [0, 0.05) is 24.8 Å². The van der Waals surface area contributed by atoms with Crippen LogP contribution in [0.3, 0.4) is 0 Å². The Bertz CT molecular complexity index is 753. The van der Waals surface area contributed by atoms with Crippen molar-refractivity contribution >= 4 is 29.2 Å². The van der Waals surface area contributed by atoms with E-state index in [1.54, 1.807) is 44.8 Å². The van der Waals surface area contributed by atoms with Gasteiger partial charge in [-0.3, -0.25) is 14.8 Å². The van der Waals surface area contributed by atoms with E-state index >= 15 is 0 Å². The molecular formula is C18H22ClN5O2. The molecule has 0 saturated carbocycles. The van der Waals surface area contributed by atoms with Gasteiger partial charge in [0.2, 0.25) is 5.91 Å². The first kappa shape index (κ1) is 19.5. The molecule has 26 heavy (non-hydrogen) atoms. The van der Waals surface area contributed by atoms with Gasteiger partial charge in [0.1, 0.15) is 5.75 Å². The molecule has 0 saturated heterocycles. The first-order chi connectivity index (χ1) is 12.6. The fourth-order valence-electron chi connectivity index (χ4n) is 2.20. The predicted molar refractivity (Wildman–Crippen MR) is 104 cm³/mol. The molecule has 2 aromatic rings. The minimum absolute atomic E-state index is 0.0951. The lowest BCUT2D eigenvalue weighted by Crippen LogP contribution is -2.42. The fraction of sp³-hybridized carbons (Fsp3) is 0.278. The van der Waals surface area contributed by atoms with Crippen molar-refractivity contribution in [2.24, 2.45) is 4.99 Å². The third-order valence-electron chi connectivity index (χ3n) is 3.53. The molecule has 0 aliphatic rings. The van der Waals surface area contributed by atoms with Crippen LogP contribution in [-0.4, -0.2) is 44.1 Å². The highest BCUT2D eigenvalue weighted by Gasteiger charge is 2.06. The van der Waals surface area contributed by atoms with Crippen LogP contribution >= 0.6 is 11.6 Å². The molecule has 0 radical (unpaired) electrons. The predicted octanol–water partition coefficient (Wildman–Crippen LogP) is 2.09. The number of carbonyl (C=O) groups excluding carboxylic acids is 1. The van der Waals surface area contributed by atoms with Gasteiger partial charge in [0.25, 0.3) is 0 Å². The maximum Gasteiger partial charge on any atom is 0.243 e. The van der Waals surface area contributed by atoms with E-state index in [9.17, 15) is 4.79 Å². The van der Waals surface area contributed by atoms with Crippen LogP contribution in [0, 0.1) is 0 Å². The number of benzene rings is 1. The normalized spacial score (nSPS) is 11.0. The molecule has 0 fully saturated rings. The summed E-state index contributed by atoms with van der Waals surface area (Å²) in [6.45, 7) is 0.716. The van der Waals surface area contributed by atoms with Gasteiger partial charge in [-0.05, 0) is 36.2 Å². The second-order valence-electron chi connectivity index (χ2n) is 5.35. The van der Waals surface area contributed by atoms with Crippen LogP contribution in [0.2, 0.25) is 5.02 Å². The van der Waals surface area contributed by atoms with Gasteiger partial charge in [0.05, 0.1) is 25.5 Å². The Hall–Kier alpha value is -2.80. The van der Waals surface area contributed by atoms with Crippen LogP contribution < -0.4 is 20.7 Å². The Kier molecular flexibility index (Phi) is 7.70. The van der Waals surface area contributed by atoms with Crippen LogP contribution in [0.4, 0.5) is 5.69 Å². The molecule has 0 atom stereocenters. The zero-order valence-electron chi connectivity index (χ0n) is 14.8. The molecular weight excluding hydrogens is 354 g/mol. The van der Waals surface area contributed by atoms with E-state index in [0.29, 0.717) is 29.6 Å². The molecule has 1 amide bonds. The lowest BCUT2D eigenvalue weighted by atomic mass is 10.1. The summed E-state index contributed by atoms with van der Waals surface area (Å²) >= 11 is 6.23. The minimum atomic E-state index is -0.181. The lowest BCUT2D eigenvalue weighted by molar-refractivity contribution is -0.115. The van der Waals surface area contributed by atoms with Crippen LogP contribution in [0.25, 0.3) is 0 Å². The molecule has 0 bridgehead atoms. The Labute approximate surface area is 157 Å². The van der Waals surface area contributed by atoms with E-state index in [2.05, 4.69) is 25.9 Å². The number of ether oxygens (including phenoxy) is 1. The summed E-state index contributed by atoms with van der Waals surface area (Å²) < 4.78 is 5.14. The number of guanidine groups is 1. The van der Waals surface area contributed by atoms with Crippen molar-refractivity contribution in [2.45, 2.75) is 6.42 Å². The molecule has 1 aromatic heterocycles. The van der Waals surface area contributed by atoms with E-state index in [1.165, 1.54) is 0 Å². The lowest BCUT2D eigenvalue weighted by Gasteiger charge is -2.12. The molecule has 7 nitrogen and oxygen atoms in total. The zero-order chi connectivity index (χ0) is 18.8. The third-order valence-corrected chi connectivity index (χ3v) is 3.88. The van der Waals surface area contributed by atoms with E-state index in [1.807, 2.05) is 12.1 Å². The van der Waals surface area contributed by atoms with Gasteiger partial charge >= 0.3 is 0 Å². The number of amides is 1. The number of nitrogens with zero attached hydrogens (tertiary/aromatic N) is 2. The van der Waals surface area contributed by atoms with Crippen molar-refractivity contribution in [3.63, 3.8) is 0 Å². The summed E-state index contributed by atoms with van der Waals surface area (Å²) in [6, 6.07) is 9.12. The quantitative estimate of drug-likeness (QED) is 0.509. The number of anilines is 1. The molecule has 1 heterocycles. The maximum absolute atomic E-state index is 11.9. The highest BCUT2D eigenvalue weighted by Crippen LogP contribution is 2.22. The summed E-state index contributed by atoms with van der Waals surface area (Å²) in [6.07, 6.45) is 3.95. The molecule has 0 aliphatic carbocycles. The molecule has 0 spiro atoms. The fourth-order valence-corrected chi connectivity index (χ4v) is 2.46. The number of carbonyl (C=O) groups is 1. The zero-order valence-corrected chi connectivity index (χ0v) is 15.5. The average molecular weight is 376 g/mol. The van der Waals surface area contributed by atoms with Gasteiger partial charge in [-0.2, -0.15) is 0 Å². The Balaban J connectivity index is 1.75. The van der Waals surface area contributed by atoms with Crippen molar-refractivity contribution in [3.8, 4) is 5.75 Å². The van der Waals surface area contributed by atoms with Crippen molar-refractivity contribution in [1.29, 1.82) is 0 Å². The Morgan fingerprint density at radius 3 is 2.81 bits per heavy atom. The van der Waals surface area contributed by atoms with Crippen molar-refractivity contribution in [1.82, 2.24) is 15.6 Å². The standard InChI is InChI=1S/C18H22ClN5O2/c1-20-18(23-12-17(25)24-14-4-3-8-21-11-14)22-9-7-13-5-6-15(26-2)10-16(13)19/h3-6,8,10-11H,7,9,12H2,1-2H3,(H,24,25)(H2,20,22,23). The second kappa shape index (κ2) is 10.2. The molecule has 138 valence electrons. The van der Waals surface area contributed by atoms with Crippen molar-refractivity contribution < 1.29 is 9.53 Å². The molecule has 0 aliphatic heterocycles. The van der Waals surface area contributed by atoms with Crippen LogP contribution in [0.15, 0.2) is 47.7 Å². The van der Waals surface area contributed by atoms with E-state index in [4.69, 9.17) is 16.3 Å². The number of aromatic nitrogens is 1. The monoisotopic (exact) mass is 375 g/mol. The molecule has 3 N–H and O–H groups in total. The number of hydrogen-bond donors (Lipinski definition) is 3. The van der Waals surface area contributed by atoms with Gasteiger partial charge in [-0.25, -0.2) is 0 Å². The number of pyridine rings is 1. The van der Waals surface area contributed by atoms with Crippen LogP contribution in [0.1, 0.15) is 5.56 Å². The first-order valence-corrected chi connectivity index (χ1v) is 8.47. The van der Waals surface area contributed by atoms with Crippen molar-refractivity contribution in [2.75, 3.05) is 32.6 Å². The number of halogens is 1. The van der Waals surface area contributed by atoms with Gasteiger partial charge in [-0.15, -0.1) is 0 Å². The first-order valence-electron chi connectivity index (χ1n) is 8.09. The summed E-state index contributed by atoms with van der Waals surface area (Å²) in [7, 11) is 3.25. The van der Waals surface area contributed by atoms with E-state index < -0.39 is 0 Å². The van der Waals surface area contributed by atoms with Gasteiger partial charge in [0.15, 0.2) is 5.96 Å². The van der Waals surface area contributed by atoms with Gasteiger partial charge in [-0.1, -0.05) is 17.7 Å².